The molecule has 0 saturated heterocycles. The second-order valence-corrected chi connectivity index (χ2v) is 4.94. The van der Waals surface area contributed by atoms with Crippen LogP contribution in [0.1, 0.15) is 6.42 Å². The minimum absolute atomic E-state index is 0.0629. The SMILES string of the molecule is NCCCn1c(-c2ccc(F)c(F)c2F)nc2ccccc21. The van der Waals surface area contributed by atoms with E-state index in [2.05, 4.69) is 4.98 Å². The number of imidazole rings is 1. The molecule has 6 heteroatoms. The van der Waals surface area contributed by atoms with Crippen molar-refractivity contribution in [1.82, 2.24) is 9.55 Å². The van der Waals surface area contributed by atoms with E-state index in [4.69, 9.17) is 5.73 Å². The van der Waals surface area contributed by atoms with E-state index < -0.39 is 17.5 Å². The Labute approximate surface area is 125 Å². The van der Waals surface area contributed by atoms with E-state index in [0.29, 0.717) is 25.0 Å². The Kier molecular flexibility index (Phi) is 3.85. The molecular formula is C16H14F3N3. The van der Waals surface area contributed by atoms with E-state index >= 15 is 0 Å². The molecule has 0 saturated carbocycles. The number of nitrogens with two attached hydrogens (primary N) is 1. The molecule has 0 aliphatic carbocycles. The van der Waals surface area contributed by atoms with Crippen molar-refractivity contribution in [2.24, 2.45) is 5.73 Å². The van der Waals surface area contributed by atoms with Gasteiger partial charge < -0.3 is 10.3 Å². The number of aryl methyl sites for hydroxylation is 1. The first-order valence-corrected chi connectivity index (χ1v) is 6.92. The molecular weight excluding hydrogens is 291 g/mol. The number of benzene rings is 2. The first kappa shape index (κ1) is 14.6. The Morgan fingerprint density at radius 3 is 2.55 bits per heavy atom. The zero-order valence-electron chi connectivity index (χ0n) is 11.7. The molecule has 1 heterocycles. The Morgan fingerprint density at radius 1 is 1.00 bits per heavy atom. The molecule has 0 bridgehead atoms. The Bertz CT molecular complexity index is 827. The van der Waals surface area contributed by atoms with Gasteiger partial charge in [0.25, 0.3) is 0 Å². The van der Waals surface area contributed by atoms with Gasteiger partial charge in [-0.2, -0.15) is 0 Å². The van der Waals surface area contributed by atoms with Gasteiger partial charge in [-0.25, -0.2) is 18.2 Å². The van der Waals surface area contributed by atoms with Gasteiger partial charge in [-0.05, 0) is 37.2 Å². The molecule has 2 N–H and O–H groups in total. The maximum Gasteiger partial charge on any atom is 0.195 e. The number of nitrogens with zero attached hydrogens (tertiary/aromatic N) is 2. The van der Waals surface area contributed by atoms with Crippen LogP contribution >= 0.6 is 0 Å². The maximum atomic E-state index is 14.1. The lowest BCUT2D eigenvalue weighted by Gasteiger charge is -2.10. The van der Waals surface area contributed by atoms with Gasteiger partial charge in [0.1, 0.15) is 5.82 Å². The molecule has 0 radical (unpaired) electrons. The summed E-state index contributed by atoms with van der Waals surface area (Å²) >= 11 is 0. The lowest BCUT2D eigenvalue weighted by molar-refractivity contribution is 0.448. The zero-order chi connectivity index (χ0) is 15.7. The molecule has 0 aliphatic heterocycles. The van der Waals surface area contributed by atoms with Crippen LogP contribution in [0, 0.1) is 17.5 Å². The van der Waals surface area contributed by atoms with Gasteiger partial charge in [-0.3, -0.25) is 0 Å². The van der Waals surface area contributed by atoms with Crippen molar-refractivity contribution in [2.75, 3.05) is 6.54 Å². The highest BCUT2D eigenvalue weighted by Crippen LogP contribution is 2.29. The first-order chi connectivity index (χ1) is 10.6. The predicted octanol–water partition coefficient (Wildman–Crippen LogP) is 3.47. The highest BCUT2D eigenvalue weighted by atomic mass is 19.2. The monoisotopic (exact) mass is 305 g/mol. The number of para-hydroxylation sites is 2. The molecule has 1 aromatic heterocycles. The molecule has 22 heavy (non-hydrogen) atoms. The van der Waals surface area contributed by atoms with Crippen LogP contribution in [-0.4, -0.2) is 16.1 Å². The minimum atomic E-state index is -1.49. The van der Waals surface area contributed by atoms with Crippen LogP contribution in [0.25, 0.3) is 22.4 Å². The lowest BCUT2D eigenvalue weighted by atomic mass is 10.2. The van der Waals surface area contributed by atoms with Gasteiger partial charge in [0.2, 0.25) is 0 Å². The van der Waals surface area contributed by atoms with Crippen LogP contribution in [0.3, 0.4) is 0 Å². The molecule has 0 unspecified atom stereocenters. The van der Waals surface area contributed by atoms with Crippen molar-refractivity contribution >= 4 is 11.0 Å². The van der Waals surface area contributed by atoms with E-state index in [9.17, 15) is 13.2 Å². The largest absolute Gasteiger partial charge is 0.330 e. The fraction of sp³-hybridized carbons (Fsp3) is 0.188. The van der Waals surface area contributed by atoms with Crippen molar-refractivity contribution in [3.05, 3.63) is 53.8 Å². The standard InChI is InChI=1S/C16H14F3N3/c17-11-7-6-10(14(18)15(11)19)16-21-12-4-1-2-5-13(12)22(16)9-3-8-20/h1-2,4-7H,3,8-9,20H2. The summed E-state index contributed by atoms with van der Waals surface area (Å²) in [6.45, 7) is 0.983. The summed E-state index contributed by atoms with van der Waals surface area (Å²) in [5.41, 5.74) is 6.94. The quantitative estimate of drug-likeness (QED) is 0.750. The summed E-state index contributed by atoms with van der Waals surface area (Å²) in [6, 6.07) is 9.40. The van der Waals surface area contributed by atoms with Gasteiger partial charge in [0.05, 0.1) is 16.6 Å². The molecule has 2 aromatic carbocycles. The van der Waals surface area contributed by atoms with Crippen molar-refractivity contribution in [1.29, 1.82) is 0 Å². The van der Waals surface area contributed by atoms with Crippen molar-refractivity contribution in [3.63, 3.8) is 0 Å². The number of hydrogen-bond donors (Lipinski definition) is 1. The van der Waals surface area contributed by atoms with Gasteiger partial charge >= 0.3 is 0 Å². The van der Waals surface area contributed by atoms with Crippen LogP contribution in [0.4, 0.5) is 13.2 Å². The average Bonchev–Trinajstić information content (AvgIpc) is 2.89. The Hall–Kier alpha value is -2.34. The number of halogens is 3. The van der Waals surface area contributed by atoms with E-state index in [1.165, 1.54) is 6.07 Å². The summed E-state index contributed by atoms with van der Waals surface area (Å²) in [4.78, 5) is 4.36. The highest BCUT2D eigenvalue weighted by molar-refractivity contribution is 5.80. The highest BCUT2D eigenvalue weighted by Gasteiger charge is 2.20. The van der Waals surface area contributed by atoms with Crippen LogP contribution in [0.2, 0.25) is 0 Å². The number of rotatable bonds is 4. The minimum Gasteiger partial charge on any atom is -0.330 e. The molecule has 0 fully saturated rings. The third kappa shape index (κ3) is 2.35. The van der Waals surface area contributed by atoms with Crippen molar-refractivity contribution < 1.29 is 13.2 Å². The van der Waals surface area contributed by atoms with Crippen LogP contribution in [0.15, 0.2) is 36.4 Å². The molecule has 0 amide bonds. The topological polar surface area (TPSA) is 43.8 Å². The molecule has 3 aromatic rings. The Balaban J connectivity index is 2.24. The summed E-state index contributed by atoms with van der Waals surface area (Å²) in [5.74, 6) is -3.67. The van der Waals surface area contributed by atoms with E-state index in [1.807, 2.05) is 18.2 Å². The molecule has 3 rings (SSSR count). The second-order valence-electron chi connectivity index (χ2n) is 4.94. The first-order valence-electron chi connectivity index (χ1n) is 6.92. The zero-order valence-corrected chi connectivity index (χ0v) is 11.7. The van der Waals surface area contributed by atoms with Gasteiger partial charge in [-0.15, -0.1) is 0 Å². The smallest absolute Gasteiger partial charge is 0.195 e. The number of aromatic nitrogens is 2. The third-order valence-corrected chi connectivity index (χ3v) is 3.52. The number of hydrogen-bond acceptors (Lipinski definition) is 2. The number of fused-ring (bicyclic) bond motifs is 1. The average molecular weight is 305 g/mol. The second kappa shape index (κ2) is 5.81. The molecule has 3 nitrogen and oxygen atoms in total. The molecule has 0 spiro atoms. The van der Waals surface area contributed by atoms with Crippen molar-refractivity contribution in [3.8, 4) is 11.4 Å². The van der Waals surface area contributed by atoms with E-state index in [1.54, 1.807) is 10.6 Å². The Morgan fingerprint density at radius 2 is 1.77 bits per heavy atom. The van der Waals surface area contributed by atoms with Gasteiger partial charge in [-0.1, -0.05) is 12.1 Å². The van der Waals surface area contributed by atoms with Crippen LogP contribution in [-0.2, 0) is 6.54 Å². The molecule has 114 valence electrons. The summed E-state index contributed by atoms with van der Waals surface area (Å²) in [5, 5.41) is 0. The molecule has 0 aliphatic rings. The maximum absolute atomic E-state index is 14.1. The van der Waals surface area contributed by atoms with Crippen LogP contribution < -0.4 is 5.73 Å². The summed E-state index contributed by atoms with van der Waals surface area (Å²) in [7, 11) is 0. The summed E-state index contributed by atoms with van der Waals surface area (Å²) in [6.07, 6.45) is 0.665. The normalized spacial score (nSPS) is 11.3. The van der Waals surface area contributed by atoms with Crippen LogP contribution in [0.5, 0.6) is 0 Å². The fourth-order valence-corrected chi connectivity index (χ4v) is 2.46. The van der Waals surface area contributed by atoms with Gasteiger partial charge in [0.15, 0.2) is 17.5 Å². The lowest BCUT2D eigenvalue weighted by Crippen LogP contribution is -2.08. The van der Waals surface area contributed by atoms with Crippen molar-refractivity contribution in [2.45, 2.75) is 13.0 Å². The van der Waals surface area contributed by atoms with E-state index in [0.717, 1.165) is 11.6 Å². The fourth-order valence-electron chi connectivity index (χ4n) is 2.46. The predicted molar refractivity (Wildman–Crippen MR) is 78.7 cm³/mol. The third-order valence-electron chi connectivity index (χ3n) is 3.52. The van der Waals surface area contributed by atoms with E-state index in [-0.39, 0.29) is 11.4 Å². The summed E-state index contributed by atoms with van der Waals surface area (Å²) < 4.78 is 42.5. The van der Waals surface area contributed by atoms with Gasteiger partial charge in [0, 0.05) is 6.54 Å². The molecule has 0 atom stereocenters.